The largest absolute Gasteiger partial charge is 0.465 e. The van der Waals surface area contributed by atoms with E-state index in [4.69, 9.17) is 9.15 Å². The summed E-state index contributed by atoms with van der Waals surface area (Å²) < 4.78 is 42.3. The third-order valence-electron chi connectivity index (χ3n) is 6.71. The second-order valence-corrected chi connectivity index (χ2v) is 11.9. The van der Waals surface area contributed by atoms with Crippen LogP contribution in [0.4, 0.5) is 11.4 Å². The highest BCUT2D eigenvalue weighted by Gasteiger charge is 2.30. The van der Waals surface area contributed by atoms with Crippen molar-refractivity contribution in [2.45, 2.75) is 17.7 Å². The summed E-state index contributed by atoms with van der Waals surface area (Å²) in [7, 11) is -0.898. The molecule has 2 N–H and O–H groups in total. The van der Waals surface area contributed by atoms with Crippen LogP contribution in [-0.2, 0) is 14.8 Å². The molecule has 40 heavy (non-hydrogen) atoms. The van der Waals surface area contributed by atoms with Crippen LogP contribution in [0.5, 0.6) is 0 Å². The van der Waals surface area contributed by atoms with Crippen LogP contribution in [0.3, 0.4) is 0 Å². The molecule has 5 rings (SSSR count). The van der Waals surface area contributed by atoms with Crippen molar-refractivity contribution in [3.05, 3.63) is 123 Å². The Hall–Kier alpha value is -4.08. The van der Waals surface area contributed by atoms with Crippen LogP contribution in [0.2, 0.25) is 0 Å². The Morgan fingerprint density at radius 2 is 1.60 bits per heavy atom. The molecule has 0 radical (unpaired) electrons. The van der Waals surface area contributed by atoms with Gasteiger partial charge in [-0.25, -0.2) is 13.2 Å². The normalized spacial score (nSPS) is 12.2. The predicted molar refractivity (Wildman–Crippen MR) is 161 cm³/mol. The maximum Gasteiger partial charge on any atom is 0.339 e. The third-order valence-corrected chi connectivity index (χ3v) is 8.60. The van der Waals surface area contributed by atoms with Crippen molar-refractivity contribution in [1.82, 2.24) is 0 Å². The van der Waals surface area contributed by atoms with Gasteiger partial charge in [-0.05, 0) is 66.6 Å². The minimum Gasteiger partial charge on any atom is -0.465 e. The molecule has 0 aliphatic heterocycles. The van der Waals surface area contributed by atoms with Gasteiger partial charge in [0.1, 0.15) is 11.3 Å². The molecule has 0 spiro atoms. The number of para-hydroxylation sites is 1. The predicted octanol–water partition coefficient (Wildman–Crippen LogP) is 7.31. The van der Waals surface area contributed by atoms with Gasteiger partial charge in [0.05, 0.1) is 29.2 Å². The molecule has 204 valence electrons. The number of hydrogen-bond acceptors (Lipinski definition) is 6. The number of hydrogen-bond donors (Lipinski definition) is 2. The first-order valence-corrected chi connectivity index (χ1v) is 14.8. The van der Waals surface area contributed by atoms with Crippen LogP contribution in [0, 0.1) is 6.92 Å². The Morgan fingerprint density at radius 1 is 0.925 bits per heavy atom. The highest BCUT2D eigenvalue weighted by Crippen LogP contribution is 2.43. The Bertz CT molecular complexity index is 1800. The molecule has 0 amide bonds. The number of anilines is 2. The number of fused-ring (bicyclic) bond motifs is 1. The first kappa shape index (κ1) is 27.5. The fourth-order valence-corrected chi connectivity index (χ4v) is 6.03. The van der Waals surface area contributed by atoms with Crippen LogP contribution in [0.1, 0.15) is 38.7 Å². The van der Waals surface area contributed by atoms with E-state index in [1.807, 2.05) is 55.5 Å². The average molecular weight is 620 g/mol. The number of aryl methyl sites for hydroxylation is 1. The lowest BCUT2D eigenvalue weighted by atomic mass is 9.87. The number of esters is 1. The molecule has 0 aliphatic rings. The molecule has 0 fully saturated rings. The lowest BCUT2D eigenvalue weighted by Gasteiger charge is -2.20. The van der Waals surface area contributed by atoms with Gasteiger partial charge in [-0.2, -0.15) is 0 Å². The van der Waals surface area contributed by atoms with E-state index < -0.39 is 21.9 Å². The van der Waals surface area contributed by atoms with E-state index in [2.05, 4.69) is 26.0 Å². The molecule has 7 nitrogen and oxygen atoms in total. The number of carbonyl (C=O) groups is 1. The summed E-state index contributed by atoms with van der Waals surface area (Å²) in [4.78, 5) is 12.8. The van der Waals surface area contributed by atoms with Gasteiger partial charge in [0.25, 0.3) is 10.0 Å². The fraction of sp³-hybridized carbons (Fsp3) is 0.129. The van der Waals surface area contributed by atoms with Crippen LogP contribution < -0.4 is 10.0 Å². The van der Waals surface area contributed by atoms with Gasteiger partial charge in [0.15, 0.2) is 0 Å². The smallest absolute Gasteiger partial charge is 0.339 e. The molecule has 1 aromatic heterocycles. The molecule has 0 aliphatic carbocycles. The molecule has 5 aromatic rings. The van der Waals surface area contributed by atoms with Crippen LogP contribution >= 0.6 is 15.9 Å². The SMILES string of the molecule is CNc1ccc([C@@H](c2ccc(Br)cc2)c2oc3ccccc3c2NS(=O)(=O)c2ccc(C)cc2)cc1C(=O)OC. The highest BCUT2D eigenvalue weighted by molar-refractivity contribution is 9.10. The summed E-state index contributed by atoms with van der Waals surface area (Å²) in [6, 6.07) is 27.0. The maximum absolute atomic E-state index is 13.6. The molecule has 4 aromatic carbocycles. The highest BCUT2D eigenvalue weighted by atomic mass is 79.9. The number of rotatable bonds is 8. The van der Waals surface area contributed by atoms with Crippen LogP contribution in [0.15, 0.2) is 105 Å². The lowest BCUT2D eigenvalue weighted by molar-refractivity contribution is 0.0601. The summed E-state index contributed by atoms with van der Waals surface area (Å²) in [5.41, 5.74) is 4.33. The van der Waals surface area contributed by atoms with Crippen molar-refractivity contribution in [2.24, 2.45) is 0 Å². The molecule has 1 heterocycles. The minimum absolute atomic E-state index is 0.140. The lowest BCUT2D eigenvalue weighted by Crippen LogP contribution is -2.15. The molecular weight excluding hydrogens is 592 g/mol. The van der Waals surface area contributed by atoms with Crippen LogP contribution in [-0.4, -0.2) is 28.5 Å². The zero-order valence-electron chi connectivity index (χ0n) is 22.1. The van der Waals surface area contributed by atoms with E-state index >= 15 is 0 Å². The first-order valence-electron chi connectivity index (χ1n) is 12.5. The number of sulfonamides is 1. The first-order chi connectivity index (χ1) is 19.2. The van der Waals surface area contributed by atoms with E-state index in [-0.39, 0.29) is 4.90 Å². The Kier molecular flexibility index (Phi) is 7.69. The molecule has 1 atom stereocenters. The average Bonchev–Trinajstić information content (AvgIpc) is 3.31. The van der Waals surface area contributed by atoms with E-state index in [0.717, 1.165) is 21.2 Å². The molecule has 0 saturated heterocycles. The van der Waals surface area contributed by atoms with Crippen molar-refractivity contribution in [1.29, 1.82) is 0 Å². The van der Waals surface area contributed by atoms with Crippen molar-refractivity contribution in [2.75, 3.05) is 24.2 Å². The van der Waals surface area contributed by atoms with Gasteiger partial charge in [0.2, 0.25) is 0 Å². The summed E-state index contributed by atoms with van der Waals surface area (Å²) in [6.45, 7) is 1.90. The number of nitrogens with one attached hydrogen (secondary N) is 2. The zero-order valence-corrected chi connectivity index (χ0v) is 24.5. The second kappa shape index (κ2) is 11.2. The monoisotopic (exact) mass is 618 g/mol. The molecule has 9 heteroatoms. The van der Waals surface area contributed by atoms with Crippen molar-refractivity contribution >= 4 is 54.3 Å². The molecule has 0 bridgehead atoms. The fourth-order valence-electron chi connectivity index (χ4n) is 4.67. The minimum atomic E-state index is -3.96. The number of methoxy groups -OCH3 is 1. The number of furan rings is 1. The molecule has 0 saturated carbocycles. The van der Waals surface area contributed by atoms with Crippen molar-refractivity contribution < 1.29 is 22.4 Å². The van der Waals surface area contributed by atoms with E-state index in [1.165, 1.54) is 7.11 Å². The van der Waals surface area contributed by atoms with Gasteiger partial charge in [-0.15, -0.1) is 0 Å². The van der Waals surface area contributed by atoms with Gasteiger partial charge in [-0.3, -0.25) is 4.72 Å². The number of halogens is 1. The van der Waals surface area contributed by atoms with Gasteiger partial charge in [0, 0.05) is 22.6 Å². The molecular formula is C31H27BrN2O5S. The summed E-state index contributed by atoms with van der Waals surface area (Å²) in [5, 5.41) is 3.65. The van der Waals surface area contributed by atoms with Gasteiger partial charge >= 0.3 is 5.97 Å². The Morgan fingerprint density at radius 3 is 2.27 bits per heavy atom. The van der Waals surface area contributed by atoms with E-state index in [0.29, 0.717) is 33.7 Å². The maximum atomic E-state index is 13.6. The third kappa shape index (κ3) is 5.35. The Balaban J connectivity index is 1.75. The standard InChI is InChI=1S/C31H27BrN2O5S/c1-19-8-15-23(16-9-19)40(36,37)34-29-24-6-4-5-7-27(24)39-30(29)28(20-10-13-22(32)14-11-20)21-12-17-26(33-2)25(18-21)31(35)38-3/h4-18,28,33-34H,1-3H3/t28-/m1/s1. The summed E-state index contributed by atoms with van der Waals surface area (Å²) >= 11 is 3.49. The topological polar surface area (TPSA) is 97.6 Å². The number of carbonyl (C=O) groups excluding carboxylic acids is 1. The van der Waals surface area contributed by atoms with Crippen molar-refractivity contribution in [3.8, 4) is 0 Å². The van der Waals surface area contributed by atoms with Crippen LogP contribution in [0.25, 0.3) is 11.0 Å². The summed E-state index contributed by atoms with van der Waals surface area (Å²) in [5.74, 6) is -0.663. The quantitative estimate of drug-likeness (QED) is 0.177. The Labute approximate surface area is 241 Å². The molecule has 0 unspecified atom stereocenters. The second-order valence-electron chi connectivity index (χ2n) is 9.29. The number of ether oxygens (including phenoxy) is 1. The van der Waals surface area contributed by atoms with Gasteiger partial charge in [-0.1, -0.05) is 64.0 Å². The van der Waals surface area contributed by atoms with E-state index in [1.54, 1.807) is 49.5 Å². The van der Waals surface area contributed by atoms with E-state index in [9.17, 15) is 13.2 Å². The number of benzene rings is 4. The summed E-state index contributed by atoms with van der Waals surface area (Å²) in [6.07, 6.45) is 0. The zero-order chi connectivity index (χ0) is 28.4. The van der Waals surface area contributed by atoms with Crippen molar-refractivity contribution in [3.63, 3.8) is 0 Å². The van der Waals surface area contributed by atoms with Gasteiger partial charge < -0.3 is 14.5 Å².